The van der Waals surface area contributed by atoms with Crippen LogP contribution in [0.5, 0.6) is 0 Å². The molecule has 1 heterocycles. The van der Waals surface area contributed by atoms with Crippen molar-refractivity contribution in [3.63, 3.8) is 0 Å². The number of anilines is 1. The van der Waals surface area contributed by atoms with Gasteiger partial charge in [0.1, 0.15) is 5.82 Å². The molecule has 0 saturated heterocycles. The van der Waals surface area contributed by atoms with Crippen LogP contribution in [-0.2, 0) is 6.54 Å². The Balaban J connectivity index is 2.52. The Morgan fingerprint density at radius 1 is 1.53 bits per heavy atom. The van der Waals surface area contributed by atoms with Gasteiger partial charge in [0.2, 0.25) is 0 Å². The lowest BCUT2D eigenvalue weighted by molar-refractivity contribution is 0.138. The van der Waals surface area contributed by atoms with Crippen LogP contribution in [0.3, 0.4) is 0 Å². The summed E-state index contributed by atoms with van der Waals surface area (Å²) >= 11 is 0. The van der Waals surface area contributed by atoms with Gasteiger partial charge in [0, 0.05) is 25.8 Å². The summed E-state index contributed by atoms with van der Waals surface area (Å²) in [5.74, 6) is 0.926. The van der Waals surface area contributed by atoms with Crippen molar-refractivity contribution in [2.75, 3.05) is 25.5 Å². The summed E-state index contributed by atoms with van der Waals surface area (Å²) in [7, 11) is 2.01. The predicted octanol–water partition coefficient (Wildman–Crippen LogP) is 1.72. The maximum absolute atomic E-state index is 9.31. The molecule has 0 aliphatic rings. The summed E-state index contributed by atoms with van der Waals surface area (Å²) in [5.41, 5.74) is 1.21. The first-order valence-corrected chi connectivity index (χ1v) is 6.17. The van der Waals surface area contributed by atoms with Crippen LogP contribution in [0.2, 0.25) is 0 Å². The van der Waals surface area contributed by atoms with E-state index in [0.29, 0.717) is 6.54 Å². The van der Waals surface area contributed by atoms with Crippen LogP contribution in [0, 0.1) is 0 Å². The summed E-state index contributed by atoms with van der Waals surface area (Å²) in [6.45, 7) is 6.39. The smallest absolute Gasteiger partial charge is 0.126 e. The van der Waals surface area contributed by atoms with Gasteiger partial charge >= 0.3 is 0 Å². The average molecular weight is 237 g/mol. The molecule has 1 aromatic heterocycles. The number of nitrogens with one attached hydrogen (secondary N) is 1. The van der Waals surface area contributed by atoms with Crippen molar-refractivity contribution in [2.45, 2.75) is 32.9 Å². The van der Waals surface area contributed by atoms with E-state index in [0.717, 1.165) is 25.3 Å². The highest BCUT2D eigenvalue weighted by Crippen LogP contribution is 2.09. The molecule has 17 heavy (non-hydrogen) atoms. The molecule has 4 nitrogen and oxygen atoms in total. The molecular weight excluding hydrogens is 214 g/mol. The molecule has 0 saturated carbocycles. The summed E-state index contributed by atoms with van der Waals surface area (Å²) in [6, 6.07) is 4.07. The maximum atomic E-state index is 9.31. The van der Waals surface area contributed by atoms with E-state index in [9.17, 15) is 5.11 Å². The standard InChI is InChI=1S/C13H23N3O/c1-4-6-14-13-8-12(5-7-15-13)10-16(3)9-11(2)17/h5,7-8,11,17H,4,6,9-10H2,1-3H3,(H,14,15). The van der Waals surface area contributed by atoms with Gasteiger partial charge in [-0.1, -0.05) is 6.92 Å². The third kappa shape index (κ3) is 5.65. The predicted molar refractivity (Wildman–Crippen MR) is 71.0 cm³/mol. The SMILES string of the molecule is CCCNc1cc(CN(C)CC(C)O)ccn1. The maximum Gasteiger partial charge on any atom is 0.126 e. The lowest BCUT2D eigenvalue weighted by atomic mass is 10.2. The molecule has 0 aliphatic heterocycles. The van der Waals surface area contributed by atoms with Crippen molar-refractivity contribution in [2.24, 2.45) is 0 Å². The Labute approximate surface area is 104 Å². The molecule has 1 unspecified atom stereocenters. The number of hydrogen-bond acceptors (Lipinski definition) is 4. The zero-order valence-corrected chi connectivity index (χ0v) is 11.0. The lowest BCUT2D eigenvalue weighted by Gasteiger charge is -2.18. The minimum Gasteiger partial charge on any atom is -0.392 e. The number of likely N-dealkylation sites (N-methyl/N-ethyl adjacent to an activating group) is 1. The van der Waals surface area contributed by atoms with E-state index >= 15 is 0 Å². The topological polar surface area (TPSA) is 48.4 Å². The number of aliphatic hydroxyl groups excluding tert-OH is 1. The highest BCUT2D eigenvalue weighted by Gasteiger charge is 2.04. The molecule has 4 heteroatoms. The molecule has 0 aromatic carbocycles. The number of nitrogens with zero attached hydrogens (tertiary/aromatic N) is 2. The summed E-state index contributed by atoms with van der Waals surface area (Å²) in [5, 5.41) is 12.6. The average Bonchev–Trinajstić information content (AvgIpc) is 2.25. The van der Waals surface area contributed by atoms with E-state index in [2.05, 4.69) is 28.2 Å². The van der Waals surface area contributed by atoms with Crippen molar-refractivity contribution in [1.82, 2.24) is 9.88 Å². The van der Waals surface area contributed by atoms with Crippen molar-refractivity contribution in [3.05, 3.63) is 23.9 Å². The zero-order valence-electron chi connectivity index (χ0n) is 11.0. The van der Waals surface area contributed by atoms with Gasteiger partial charge in [0.25, 0.3) is 0 Å². The van der Waals surface area contributed by atoms with Crippen LogP contribution in [0.4, 0.5) is 5.82 Å². The van der Waals surface area contributed by atoms with Crippen molar-refractivity contribution < 1.29 is 5.11 Å². The van der Waals surface area contributed by atoms with E-state index < -0.39 is 0 Å². The Kier molecular flexibility index (Phi) is 5.94. The molecule has 0 radical (unpaired) electrons. The van der Waals surface area contributed by atoms with E-state index in [1.807, 2.05) is 19.3 Å². The number of aliphatic hydroxyl groups is 1. The van der Waals surface area contributed by atoms with E-state index in [1.165, 1.54) is 5.56 Å². The molecule has 1 aromatic rings. The van der Waals surface area contributed by atoms with Gasteiger partial charge in [-0.3, -0.25) is 4.90 Å². The molecule has 0 aliphatic carbocycles. The normalized spacial score (nSPS) is 12.8. The first-order chi connectivity index (χ1) is 8.11. The van der Waals surface area contributed by atoms with Crippen LogP contribution in [0.15, 0.2) is 18.3 Å². The van der Waals surface area contributed by atoms with Crippen LogP contribution in [0.1, 0.15) is 25.8 Å². The number of pyridine rings is 1. The van der Waals surface area contributed by atoms with Crippen molar-refractivity contribution in [1.29, 1.82) is 0 Å². The Bertz CT molecular complexity index is 328. The lowest BCUT2D eigenvalue weighted by Crippen LogP contribution is -2.26. The first kappa shape index (κ1) is 13.9. The Morgan fingerprint density at radius 2 is 2.29 bits per heavy atom. The van der Waals surface area contributed by atoms with Crippen LogP contribution < -0.4 is 5.32 Å². The molecular formula is C13H23N3O. The molecule has 96 valence electrons. The molecule has 1 atom stereocenters. The Hall–Kier alpha value is -1.13. The molecule has 0 amide bonds. The molecule has 0 fully saturated rings. The third-order valence-electron chi connectivity index (χ3n) is 2.41. The van der Waals surface area contributed by atoms with Gasteiger partial charge in [-0.25, -0.2) is 4.98 Å². The van der Waals surface area contributed by atoms with Crippen molar-refractivity contribution in [3.8, 4) is 0 Å². The third-order valence-corrected chi connectivity index (χ3v) is 2.41. The summed E-state index contributed by atoms with van der Waals surface area (Å²) < 4.78 is 0. The zero-order chi connectivity index (χ0) is 12.7. The largest absolute Gasteiger partial charge is 0.392 e. The molecule has 0 spiro atoms. The van der Waals surface area contributed by atoms with Crippen LogP contribution >= 0.6 is 0 Å². The number of hydrogen-bond donors (Lipinski definition) is 2. The first-order valence-electron chi connectivity index (χ1n) is 6.17. The fourth-order valence-corrected chi connectivity index (χ4v) is 1.75. The van der Waals surface area contributed by atoms with Gasteiger partial charge in [-0.15, -0.1) is 0 Å². The van der Waals surface area contributed by atoms with E-state index in [1.54, 1.807) is 6.92 Å². The van der Waals surface area contributed by atoms with Crippen molar-refractivity contribution >= 4 is 5.82 Å². The minimum absolute atomic E-state index is 0.292. The summed E-state index contributed by atoms with van der Waals surface area (Å²) in [6.07, 6.45) is 2.62. The fraction of sp³-hybridized carbons (Fsp3) is 0.615. The highest BCUT2D eigenvalue weighted by molar-refractivity contribution is 5.37. The van der Waals surface area contributed by atoms with Gasteiger partial charge in [-0.05, 0) is 38.1 Å². The van der Waals surface area contributed by atoms with Crippen LogP contribution in [-0.4, -0.2) is 41.2 Å². The van der Waals surface area contributed by atoms with E-state index in [-0.39, 0.29) is 6.10 Å². The number of aromatic nitrogens is 1. The second-order valence-corrected chi connectivity index (χ2v) is 4.52. The second kappa shape index (κ2) is 7.25. The second-order valence-electron chi connectivity index (χ2n) is 4.52. The van der Waals surface area contributed by atoms with Gasteiger partial charge < -0.3 is 10.4 Å². The van der Waals surface area contributed by atoms with Gasteiger partial charge in [-0.2, -0.15) is 0 Å². The fourth-order valence-electron chi connectivity index (χ4n) is 1.75. The Morgan fingerprint density at radius 3 is 2.94 bits per heavy atom. The van der Waals surface area contributed by atoms with Gasteiger partial charge in [0.05, 0.1) is 6.10 Å². The monoisotopic (exact) mass is 237 g/mol. The minimum atomic E-state index is -0.292. The van der Waals surface area contributed by atoms with Gasteiger partial charge in [0.15, 0.2) is 0 Å². The number of rotatable bonds is 7. The molecule has 0 bridgehead atoms. The van der Waals surface area contributed by atoms with E-state index in [4.69, 9.17) is 0 Å². The molecule has 2 N–H and O–H groups in total. The van der Waals surface area contributed by atoms with Crippen LogP contribution in [0.25, 0.3) is 0 Å². The summed E-state index contributed by atoms with van der Waals surface area (Å²) in [4.78, 5) is 6.37. The quantitative estimate of drug-likeness (QED) is 0.758. The molecule has 1 rings (SSSR count). The highest BCUT2D eigenvalue weighted by atomic mass is 16.3.